The number of carbonyl (C=O) groups is 4. The molecule has 0 bridgehead atoms. The summed E-state index contributed by atoms with van der Waals surface area (Å²) in [5, 5.41) is 30.0. The predicted molar refractivity (Wildman–Crippen MR) is 548 cm³/mol. The van der Waals surface area contributed by atoms with Gasteiger partial charge in [0.2, 0.25) is 10.0 Å². The van der Waals surface area contributed by atoms with E-state index in [0.717, 1.165) is 5.56 Å². The smallest absolute Gasteiger partial charge is 0.459 e. The maximum Gasteiger partial charge on any atom is 0.459 e. The summed E-state index contributed by atoms with van der Waals surface area (Å²) in [6.07, 6.45) is -4.40. The first kappa shape index (κ1) is 121. The number of pyridine rings is 3. The van der Waals surface area contributed by atoms with Gasteiger partial charge in [-0.15, -0.1) is 0 Å². The molecule has 0 amide bonds. The van der Waals surface area contributed by atoms with Crippen LogP contribution in [0.2, 0.25) is 0 Å². The number of carbonyl (C=O) groups excluding carboxylic acids is 4. The summed E-state index contributed by atoms with van der Waals surface area (Å²) in [6.45, 7) is 33.9. The van der Waals surface area contributed by atoms with Gasteiger partial charge in [-0.05, 0) is 152 Å². The fourth-order valence-electron chi connectivity index (χ4n) is 16.8. The number of alkyl halides is 4. The number of aromatic nitrogens is 9. The van der Waals surface area contributed by atoms with Gasteiger partial charge in [0.1, 0.15) is 63.9 Å². The molecule has 4 saturated heterocycles. The maximum absolute atomic E-state index is 16.6. The predicted octanol–water partition coefficient (Wildman–Crippen LogP) is 12.3. The SMILES string of the molecule is C=C1N=C(N)C=CN1[C@@H]1O[C@H](COP(=O)(N[C@@H](C)C(=O)OC(C)C)Oc2ccccc2)[C@](C)(CO)C1F.CC(C)OC(=O)[C@H](C)NP(C)(=O)OC[C@H]1O[C@@H](n2cnc3c(N)ccnc32)C(F)[C@@]1(C)CC#N.CC(C)OC(=O)[C@H](C)NP(C)(=O)OC[C@H]1O[C@@H](n2cnc3c(N)ccnc32)C(F)[C@@]1(C)CCN.COc1ccnc2c1ncn2[C@@H]1O[C@H](COP(C)(=O)N[C@@H](C)C(=O)OC(C)C)[C@](C)(CCNS(=O)(=O)c2ccc(C)cc2)C1F. The molecule has 55 heteroatoms. The van der Waals surface area contributed by atoms with Crippen LogP contribution < -0.4 is 57.3 Å². The summed E-state index contributed by atoms with van der Waals surface area (Å²) >= 11 is 0. The zero-order valence-electron chi connectivity index (χ0n) is 87.5. The van der Waals surface area contributed by atoms with Gasteiger partial charge >= 0.3 is 31.6 Å². The van der Waals surface area contributed by atoms with Crippen LogP contribution in [0, 0.1) is 39.9 Å². The Kier molecular flexibility index (Phi) is 41.4. The lowest BCUT2D eigenvalue weighted by molar-refractivity contribution is -0.150. The Labute approximate surface area is 868 Å². The van der Waals surface area contributed by atoms with Crippen LogP contribution in [0.15, 0.2) is 145 Å². The molecule has 0 radical (unpaired) electrons. The average Bonchev–Trinajstić information content (AvgIpc) is 1.60. The van der Waals surface area contributed by atoms with E-state index in [1.54, 1.807) is 137 Å². The Hall–Kier alpha value is -10.4. The Balaban J connectivity index is 0.000000206. The van der Waals surface area contributed by atoms with Crippen LogP contribution in [-0.4, -0.2) is 269 Å². The first-order valence-corrected chi connectivity index (χ1v) is 57.5. The largest absolute Gasteiger partial charge is 0.494 e. The third kappa shape index (κ3) is 29.8. The lowest BCUT2D eigenvalue weighted by Gasteiger charge is -2.32. The summed E-state index contributed by atoms with van der Waals surface area (Å²) in [6, 6.07) is 17.7. The third-order valence-electron chi connectivity index (χ3n) is 25.4. The minimum Gasteiger partial charge on any atom is -0.494 e. The first-order chi connectivity index (χ1) is 70.2. The van der Waals surface area contributed by atoms with Crippen molar-refractivity contribution in [3.05, 3.63) is 141 Å². The number of nitrogens with two attached hydrogens (primary N) is 4. The standard InChI is InChI=1S/C29H41FN5O8PS.C24H34FN4O7P.C21H34FN6O5P.C21H30FN6O5P/c1-18(2)42-28(36)20(4)34-44(7,37)41-16-23-29(5,13-15-33-45(38,39)21-10-8-19(3)9-11-21)25(30)27(43-23)35-17-32-24-22(40-6)12-14-31-26(24)35;1-15(2)34-23(31)16(3)28-37(32,36-18-9-7-6-8-10-18)33-13-19-24(5,14-30)21(25)22(35-19)29-12-11-20(26)27-17(29)4;2*1-12(2)32-20(29)13(3)27-34(5,30)31-10-15-21(4,7-8-23)17(22)19(33-15)28-11-26-16-14(24)6-9-25-18(16)28/h8-12,14,17-18,20,23,25,27,33H,13,15-16H2,1-7H3,(H,34,37);6-12,15-16,19,21-22,30H,4,13-14H2,1-3,5H3,(H2,26,27)(H,28,32);6,9,11-13,15,17,19H,7-8,10,23H2,1-5H3,(H2,24,25)(H,27,30);6,9,11-13,15,17,19H,7,10H2,1-5H3,(H2,24,25)(H,27,30)/t20-,23+,25?,27+,29-,44?;16-,19+,21?,22+,24-,37?;2*13-,15+,17?,19+,21-,34?/m0000/s1. The van der Waals surface area contributed by atoms with Crippen LogP contribution in [0.25, 0.3) is 33.5 Å². The Morgan fingerprint density at radius 3 is 1.31 bits per heavy atom. The second-order valence-electron chi connectivity index (χ2n) is 39.1. The Bertz CT molecular complexity index is 6440. The Morgan fingerprint density at radius 2 is 0.900 bits per heavy atom. The number of ether oxygens (including phenoxy) is 9. The second kappa shape index (κ2) is 51.1. The second-order valence-corrected chi connectivity index (χ2v) is 49.2. The van der Waals surface area contributed by atoms with Gasteiger partial charge in [-0.1, -0.05) is 70.2 Å². The number of nitrogen functional groups attached to an aromatic ring is 2. The van der Waals surface area contributed by atoms with E-state index in [1.165, 1.54) is 142 Å². The number of nitrogens with zero attached hydrogens (tertiary/aromatic N) is 12. The van der Waals surface area contributed by atoms with Gasteiger partial charge in [0.15, 0.2) is 66.5 Å². The molecule has 14 N–H and O–H groups in total. The number of aryl methyl sites for hydroxylation is 1. The maximum atomic E-state index is 16.6. The number of methoxy groups -OCH3 is 1. The van der Waals surface area contributed by atoms with E-state index >= 15 is 17.6 Å². The van der Waals surface area contributed by atoms with Gasteiger partial charge in [0, 0.05) is 80.1 Å². The molecule has 0 aliphatic carbocycles. The number of nitrogens with one attached hydrogen (secondary N) is 5. The minimum atomic E-state index is -4.22. The molecule has 24 atom stereocenters. The number of benzene rings is 2. The van der Waals surface area contributed by atoms with E-state index in [1.807, 2.05) is 13.0 Å². The molecule has 150 heavy (non-hydrogen) atoms. The monoisotopic (exact) mass is 2210 g/mol. The van der Waals surface area contributed by atoms with E-state index in [2.05, 4.69) is 66.5 Å². The molecule has 46 nitrogen and oxygen atoms in total. The molecule has 0 spiro atoms. The number of imidazole rings is 3. The zero-order valence-corrected chi connectivity index (χ0v) is 91.9. The van der Waals surface area contributed by atoms with Crippen LogP contribution in [0.3, 0.4) is 0 Å². The van der Waals surface area contributed by atoms with Crippen LogP contribution in [0.5, 0.6) is 11.5 Å². The number of aliphatic hydroxyl groups is 1. The van der Waals surface area contributed by atoms with Crippen molar-refractivity contribution in [3.8, 4) is 17.6 Å². The number of hydrogen-bond donors (Lipinski definition) is 10. The van der Waals surface area contributed by atoms with E-state index in [-0.39, 0.29) is 92.5 Å². The van der Waals surface area contributed by atoms with Crippen LogP contribution in [0.4, 0.5) is 28.9 Å². The molecule has 13 rings (SSSR count). The topological polar surface area (TPSA) is 616 Å². The fourth-order valence-corrected chi connectivity index (χ4v) is 23.2. The van der Waals surface area contributed by atoms with Gasteiger partial charge in [-0.3, -0.25) is 51.1 Å². The van der Waals surface area contributed by atoms with E-state index in [4.69, 9.17) is 88.2 Å². The highest BCUT2D eigenvalue weighted by Crippen LogP contribution is 2.56. The number of halogens is 4. The fraction of sp³-hybridized carbons (Fsp3) is 0.579. The number of esters is 4. The molecule has 5 aliphatic rings. The van der Waals surface area contributed by atoms with Crippen molar-refractivity contribution in [2.75, 3.05) is 84.7 Å². The number of aliphatic hydroxyl groups excluding tert-OH is 1. The summed E-state index contributed by atoms with van der Waals surface area (Å²) in [5.74, 6) is -1.36. The molecule has 8 aromatic rings. The van der Waals surface area contributed by atoms with Crippen molar-refractivity contribution in [3.63, 3.8) is 0 Å². The van der Waals surface area contributed by atoms with Gasteiger partial charge in [0.25, 0.3) is 22.6 Å². The highest BCUT2D eigenvalue weighted by molar-refractivity contribution is 7.89. The number of sulfonamides is 1. The highest BCUT2D eigenvalue weighted by atomic mass is 32.2. The normalized spacial score (nSPS) is 26.6. The van der Waals surface area contributed by atoms with Crippen molar-refractivity contribution in [1.82, 2.24) is 73.6 Å². The number of hydrogen-bond acceptors (Lipinski definition) is 38. The minimum absolute atomic E-state index is 0.00568. The number of amidine groups is 1. The van der Waals surface area contributed by atoms with Gasteiger partial charge in [0.05, 0.1) is 136 Å². The van der Waals surface area contributed by atoms with Crippen molar-refractivity contribution in [1.29, 1.82) is 5.26 Å². The summed E-state index contributed by atoms with van der Waals surface area (Å²) in [5.41, 5.74) is 22.3. The molecule has 2 aromatic carbocycles. The number of nitriles is 1. The lowest BCUT2D eigenvalue weighted by atomic mass is 9.78. The van der Waals surface area contributed by atoms with E-state index < -0.39 is 197 Å². The highest BCUT2D eigenvalue weighted by Gasteiger charge is 2.61. The van der Waals surface area contributed by atoms with Crippen LogP contribution in [0.1, 0.15) is 154 Å². The molecular weight excluding hydrogens is 2070 g/mol. The third-order valence-corrected chi connectivity index (χ3v) is 33.0. The number of para-hydroxylation sites is 1. The van der Waals surface area contributed by atoms with Gasteiger partial charge in [-0.2, -0.15) is 10.3 Å². The molecule has 8 unspecified atom stereocenters. The number of rotatable bonds is 44. The average molecular weight is 2210 g/mol. The summed E-state index contributed by atoms with van der Waals surface area (Å²) in [7, 11) is -17.2. The molecule has 4 fully saturated rings. The van der Waals surface area contributed by atoms with Crippen molar-refractivity contribution < 1.29 is 134 Å². The van der Waals surface area contributed by atoms with E-state index in [0.29, 0.717) is 57.0 Å². The molecular formula is C95H139F4N21O25P4S. The van der Waals surface area contributed by atoms with Crippen molar-refractivity contribution >= 4 is 115 Å². The molecule has 5 aliphatic heterocycles. The zero-order chi connectivity index (χ0) is 111. The Morgan fingerprint density at radius 1 is 0.527 bits per heavy atom. The lowest BCUT2D eigenvalue weighted by Crippen LogP contribution is -2.44. The number of fused-ring (bicyclic) bond motifs is 3. The summed E-state index contributed by atoms with van der Waals surface area (Å²) < 4.78 is 228. The van der Waals surface area contributed by atoms with Crippen LogP contribution in [-0.2, 0) is 103 Å². The molecule has 0 saturated carbocycles. The number of anilines is 2. The van der Waals surface area contributed by atoms with Crippen molar-refractivity contribution in [2.45, 2.75) is 264 Å². The van der Waals surface area contributed by atoms with E-state index in [9.17, 15) is 56.2 Å². The first-order valence-electron chi connectivity index (χ1n) is 48.2. The van der Waals surface area contributed by atoms with Gasteiger partial charge in [-0.25, -0.2) is 85.4 Å². The van der Waals surface area contributed by atoms with Crippen LogP contribution >= 0.6 is 30.3 Å². The molecule has 828 valence electrons. The number of aliphatic imine (C=N–C) groups is 1. The van der Waals surface area contributed by atoms with Crippen molar-refractivity contribution in [2.24, 2.45) is 38.1 Å². The quantitative estimate of drug-likeness (QED) is 0.00734. The molecule has 11 heterocycles. The summed E-state index contributed by atoms with van der Waals surface area (Å²) in [4.78, 5) is 79.8. The molecule has 6 aromatic heterocycles. The van der Waals surface area contributed by atoms with Gasteiger partial charge < -0.3 is 93.7 Å².